The molecule has 3 aliphatic rings. The quantitative estimate of drug-likeness (QED) is 0.817. The summed E-state index contributed by atoms with van der Waals surface area (Å²) < 4.78 is 7.56. The zero-order chi connectivity index (χ0) is 16.5. The number of hydrogen-bond donors (Lipinski definition) is 0. The van der Waals surface area contributed by atoms with Crippen molar-refractivity contribution >= 4 is 0 Å². The summed E-state index contributed by atoms with van der Waals surface area (Å²) in [6, 6.07) is 1.94. The number of ether oxygens (including phenoxy) is 1. The minimum Gasteiger partial charge on any atom is -0.381 e. The number of likely N-dealkylation sites (tertiary alicyclic amines) is 2. The van der Waals surface area contributed by atoms with Crippen LogP contribution in [0, 0.1) is 11.8 Å². The second-order valence-electron chi connectivity index (χ2n) is 8.15. The number of fused-ring (bicyclic) bond motifs is 1. The van der Waals surface area contributed by atoms with Crippen LogP contribution >= 0.6 is 0 Å². The molecule has 134 valence electrons. The zero-order valence-electron chi connectivity index (χ0n) is 15.0. The molecule has 1 aromatic heterocycles. The largest absolute Gasteiger partial charge is 0.381 e. The minimum absolute atomic E-state index is 0.594. The van der Waals surface area contributed by atoms with E-state index < -0.39 is 0 Å². The van der Waals surface area contributed by atoms with Crippen molar-refractivity contribution in [1.29, 1.82) is 0 Å². The van der Waals surface area contributed by atoms with Crippen LogP contribution in [0.25, 0.3) is 0 Å². The standard InChI is InChI=1S/C18H31N5O/c1-14(2)23-17(10-22-13-19-12-20-22)7-16-9-21(5-3-18(16)23)8-15-4-6-24-11-15/h12-18H,3-11H2,1-2H3/t15-,16-,17+,18+/m1/s1. The number of rotatable bonds is 5. The Bertz CT molecular complexity index is 513. The molecule has 0 amide bonds. The highest BCUT2D eigenvalue weighted by atomic mass is 16.5. The van der Waals surface area contributed by atoms with Crippen LogP contribution in [0.3, 0.4) is 0 Å². The third kappa shape index (κ3) is 3.37. The first kappa shape index (κ1) is 16.5. The van der Waals surface area contributed by atoms with Crippen molar-refractivity contribution in [2.24, 2.45) is 11.8 Å². The maximum atomic E-state index is 5.56. The number of hydrogen-bond acceptors (Lipinski definition) is 5. The summed E-state index contributed by atoms with van der Waals surface area (Å²) in [5, 5.41) is 4.33. The molecule has 0 saturated carbocycles. The van der Waals surface area contributed by atoms with Crippen LogP contribution in [0.15, 0.2) is 12.7 Å². The molecule has 3 fully saturated rings. The molecule has 0 unspecified atom stereocenters. The highest BCUT2D eigenvalue weighted by molar-refractivity contribution is 4.99. The molecule has 0 N–H and O–H groups in total. The summed E-state index contributed by atoms with van der Waals surface area (Å²) >= 11 is 0. The van der Waals surface area contributed by atoms with E-state index in [2.05, 4.69) is 33.7 Å². The monoisotopic (exact) mass is 333 g/mol. The average molecular weight is 333 g/mol. The molecule has 0 aliphatic carbocycles. The van der Waals surface area contributed by atoms with Crippen LogP contribution in [0.5, 0.6) is 0 Å². The maximum absolute atomic E-state index is 5.56. The van der Waals surface area contributed by atoms with Crippen molar-refractivity contribution in [3.05, 3.63) is 12.7 Å². The molecule has 1 aromatic rings. The third-order valence-corrected chi connectivity index (χ3v) is 6.16. The van der Waals surface area contributed by atoms with Gasteiger partial charge in [0.2, 0.25) is 0 Å². The van der Waals surface area contributed by atoms with E-state index in [0.29, 0.717) is 12.1 Å². The average Bonchev–Trinajstić information content (AvgIpc) is 3.27. The van der Waals surface area contributed by atoms with Crippen LogP contribution in [0.1, 0.15) is 33.1 Å². The predicted molar refractivity (Wildman–Crippen MR) is 92.7 cm³/mol. The highest BCUT2D eigenvalue weighted by Crippen LogP contribution is 2.38. The summed E-state index contributed by atoms with van der Waals surface area (Å²) in [5.41, 5.74) is 0. The van der Waals surface area contributed by atoms with E-state index in [9.17, 15) is 0 Å². The SMILES string of the molecule is CC(C)N1[C@H](Cn2cncn2)C[C@@H]2CN(C[C@H]3CCOC3)CC[C@@H]21. The molecule has 4 heterocycles. The van der Waals surface area contributed by atoms with Crippen molar-refractivity contribution in [3.63, 3.8) is 0 Å². The Labute approximate surface area is 145 Å². The van der Waals surface area contributed by atoms with Gasteiger partial charge in [-0.3, -0.25) is 9.58 Å². The van der Waals surface area contributed by atoms with Gasteiger partial charge in [0.1, 0.15) is 12.7 Å². The lowest BCUT2D eigenvalue weighted by Gasteiger charge is -2.41. The van der Waals surface area contributed by atoms with Crippen LogP contribution < -0.4 is 0 Å². The van der Waals surface area contributed by atoms with Crippen molar-refractivity contribution in [3.8, 4) is 0 Å². The molecule has 3 saturated heterocycles. The molecule has 0 bridgehead atoms. The first-order valence-corrected chi connectivity index (χ1v) is 9.60. The fourth-order valence-corrected chi connectivity index (χ4v) is 5.24. The van der Waals surface area contributed by atoms with Gasteiger partial charge in [-0.2, -0.15) is 5.10 Å². The molecular weight excluding hydrogens is 302 g/mol. The van der Waals surface area contributed by atoms with Gasteiger partial charge in [-0.15, -0.1) is 0 Å². The Balaban J connectivity index is 1.40. The van der Waals surface area contributed by atoms with E-state index >= 15 is 0 Å². The lowest BCUT2D eigenvalue weighted by atomic mass is 9.91. The summed E-state index contributed by atoms with van der Waals surface area (Å²) in [4.78, 5) is 9.58. The maximum Gasteiger partial charge on any atom is 0.137 e. The van der Waals surface area contributed by atoms with Gasteiger partial charge in [0.05, 0.1) is 13.2 Å². The van der Waals surface area contributed by atoms with Crippen LogP contribution in [-0.2, 0) is 11.3 Å². The lowest BCUT2D eigenvalue weighted by molar-refractivity contribution is 0.0667. The van der Waals surface area contributed by atoms with Crippen LogP contribution in [0.4, 0.5) is 0 Å². The van der Waals surface area contributed by atoms with E-state index in [1.54, 1.807) is 6.33 Å². The molecule has 6 nitrogen and oxygen atoms in total. The van der Waals surface area contributed by atoms with Gasteiger partial charge in [0.15, 0.2) is 0 Å². The van der Waals surface area contributed by atoms with E-state index in [4.69, 9.17) is 4.74 Å². The number of aromatic nitrogens is 3. The molecule has 0 aromatic carbocycles. The van der Waals surface area contributed by atoms with E-state index in [-0.39, 0.29) is 0 Å². The first-order valence-electron chi connectivity index (χ1n) is 9.60. The Morgan fingerprint density at radius 3 is 2.88 bits per heavy atom. The molecule has 24 heavy (non-hydrogen) atoms. The van der Waals surface area contributed by atoms with Gasteiger partial charge in [0, 0.05) is 37.8 Å². The predicted octanol–water partition coefficient (Wildman–Crippen LogP) is 1.49. The molecule has 0 spiro atoms. The second-order valence-corrected chi connectivity index (χ2v) is 8.15. The highest BCUT2D eigenvalue weighted by Gasteiger charge is 2.45. The molecule has 4 atom stereocenters. The molecule has 3 aliphatic heterocycles. The van der Waals surface area contributed by atoms with E-state index in [1.165, 1.54) is 38.9 Å². The first-order chi connectivity index (χ1) is 11.7. The minimum atomic E-state index is 0.594. The van der Waals surface area contributed by atoms with Crippen LogP contribution in [-0.4, -0.2) is 75.5 Å². The Hall–Kier alpha value is -0.980. The fourth-order valence-electron chi connectivity index (χ4n) is 5.24. The fraction of sp³-hybridized carbons (Fsp3) is 0.889. The number of nitrogens with zero attached hydrogens (tertiary/aromatic N) is 5. The third-order valence-electron chi connectivity index (χ3n) is 6.16. The molecule has 4 rings (SSSR count). The van der Waals surface area contributed by atoms with Gasteiger partial charge >= 0.3 is 0 Å². The molecule has 6 heteroatoms. The van der Waals surface area contributed by atoms with E-state index in [0.717, 1.165) is 37.6 Å². The van der Waals surface area contributed by atoms with Gasteiger partial charge in [-0.1, -0.05) is 0 Å². The second kappa shape index (κ2) is 7.10. The van der Waals surface area contributed by atoms with E-state index in [1.807, 2.05) is 11.0 Å². The Kier molecular flexibility index (Phi) is 4.88. The van der Waals surface area contributed by atoms with Crippen molar-refractivity contribution < 1.29 is 4.74 Å². The van der Waals surface area contributed by atoms with Gasteiger partial charge in [0.25, 0.3) is 0 Å². The number of piperidine rings is 1. The lowest BCUT2D eigenvalue weighted by Crippen LogP contribution is -2.50. The Morgan fingerprint density at radius 1 is 1.25 bits per heavy atom. The normalized spacial score (nSPS) is 35.0. The van der Waals surface area contributed by atoms with Crippen molar-refractivity contribution in [2.45, 2.75) is 57.8 Å². The van der Waals surface area contributed by atoms with Crippen molar-refractivity contribution in [2.75, 3.05) is 32.8 Å². The molecular formula is C18H31N5O. The van der Waals surface area contributed by atoms with Gasteiger partial charge in [-0.25, -0.2) is 4.98 Å². The van der Waals surface area contributed by atoms with Crippen molar-refractivity contribution in [1.82, 2.24) is 24.6 Å². The summed E-state index contributed by atoms with van der Waals surface area (Å²) in [5.74, 6) is 1.56. The topological polar surface area (TPSA) is 46.4 Å². The van der Waals surface area contributed by atoms with Crippen LogP contribution in [0.2, 0.25) is 0 Å². The van der Waals surface area contributed by atoms with Gasteiger partial charge in [-0.05, 0) is 51.5 Å². The summed E-state index contributed by atoms with van der Waals surface area (Å²) in [6.07, 6.45) is 7.35. The Morgan fingerprint density at radius 2 is 2.17 bits per heavy atom. The van der Waals surface area contributed by atoms with Gasteiger partial charge < -0.3 is 9.64 Å². The smallest absolute Gasteiger partial charge is 0.137 e. The molecule has 0 radical (unpaired) electrons. The summed E-state index contributed by atoms with van der Waals surface area (Å²) in [7, 11) is 0. The summed E-state index contributed by atoms with van der Waals surface area (Å²) in [6.45, 7) is 11.3. The zero-order valence-corrected chi connectivity index (χ0v) is 15.0.